The number of hydrogen-bond donors (Lipinski definition) is 0. The highest BCUT2D eigenvalue weighted by molar-refractivity contribution is 9.26. The molecule has 0 unspecified atom stereocenters. The molecule has 0 N–H and O–H groups in total. The van der Waals surface area contributed by atoms with Gasteiger partial charge in [0.05, 0.1) is 9.46 Å². The van der Waals surface area contributed by atoms with Gasteiger partial charge in [0.1, 0.15) is 0 Å². The molecule has 0 atom stereocenters. The van der Waals surface area contributed by atoms with Gasteiger partial charge in [-0.05, 0) is 12.8 Å². The van der Waals surface area contributed by atoms with Crippen molar-refractivity contribution in [2.75, 3.05) is 6.61 Å². The Morgan fingerprint density at radius 3 is 1.81 bits per heavy atom. The van der Waals surface area contributed by atoms with Crippen LogP contribution < -0.4 is 0 Å². The van der Waals surface area contributed by atoms with Gasteiger partial charge in [-0.1, -0.05) is 96.2 Å². The molecule has 0 spiro atoms. The van der Waals surface area contributed by atoms with Crippen molar-refractivity contribution < 1.29 is 9.53 Å². The van der Waals surface area contributed by atoms with Crippen LogP contribution in [0.5, 0.6) is 0 Å². The third-order valence-corrected chi connectivity index (χ3v) is 4.71. The summed E-state index contributed by atoms with van der Waals surface area (Å²) in [6, 6.07) is 0. The summed E-state index contributed by atoms with van der Waals surface area (Å²) >= 11 is 7.33. The highest BCUT2D eigenvalue weighted by Crippen LogP contribution is 2.28. The van der Waals surface area contributed by atoms with Gasteiger partial charge >= 0.3 is 5.97 Å². The lowest BCUT2D eigenvalue weighted by Gasteiger charge is -2.13. The number of esters is 1. The van der Waals surface area contributed by atoms with E-state index in [4.69, 9.17) is 4.74 Å². The van der Waals surface area contributed by atoms with Crippen LogP contribution in [0.3, 0.4) is 0 Å². The molecule has 0 aromatic heterocycles. The van der Waals surface area contributed by atoms with Gasteiger partial charge in [0, 0.05) is 16.3 Å². The van der Waals surface area contributed by atoms with E-state index < -0.39 is 0 Å². The first kappa shape index (κ1) is 21.4. The molecule has 0 amide bonds. The lowest BCUT2D eigenvalue weighted by atomic mass is 10.1. The summed E-state index contributed by atoms with van der Waals surface area (Å²) in [4.78, 5) is 10.8. The largest absolute Gasteiger partial charge is 0.463 e. The predicted octanol–water partition coefficient (Wildman–Crippen LogP) is 4.82. The Hall–Kier alpha value is 0.387. The Kier molecular flexibility index (Phi) is 14.3. The number of rotatable bonds is 14. The van der Waals surface area contributed by atoms with E-state index in [1.165, 1.54) is 63.9 Å². The molecule has 21 heavy (non-hydrogen) atoms. The van der Waals surface area contributed by atoms with Crippen LogP contribution in [-0.4, -0.2) is 25.7 Å². The van der Waals surface area contributed by atoms with Crippen LogP contribution in [0.1, 0.15) is 70.6 Å². The smallest absolute Gasteiger partial charge is 0.330 e. The standard InChI is InChI=1S/C16H30Br2O2Si/c1-2-15(19)20-14-12-10-8-6-4-3-5-7-9-11-13-16(17,18)21/h2H,1,3-14H2,21H3. The molecule has 0 saturated carbocycles. The van der Waals surface area contributed by atoms with E-state index in [0.29, 0.717) is 6.61 Å². The zero-order valence-corrected chi connectivity index (χ0v) is 18.5. The Morgan fingerprint density at radius 1 is 0.952 bits per heavy atom. The van der Waals surface area contributed by atoms with Gasteiger partial charge in [0.15, 0.2) is 0 Å². The molecule has 0 saturated heterocycles. The van der Waals surface area contributed by atoms with Crippen molar-refractivity contribution >= 4 is 48.1 Å². The van der Waals surface area contributed by atoms with Crippen molar-refractivity contribution in [2.45, 2.75) is 73.5 Å². The van der Waals surface area contributed by atoms with E-state index in [1.54, 1.807) is 0 Å². The summed E-state index contributed by atoms with van der Waals surface area (Å²) in [6.07, 6.45) is 15.3. The highest BCUT2D eigenvalue weighted by atomic mass is 79.9. The minimum Gasteiger partial charge on any atom is -0.463 e. The average Bonchev–Trinajstić information content (AvgIpc) is 2.42. The first-order chi connectivity index (χ1) is 9.95. The summed E-state index contributed by atoms with van der Waals surface area (Å²) in [5, 5.41) is 0. The summed E-state index contributed by atoms with van der Waals surface area (Å²) < 4.78 is 5.20. The molecular formula is C16H30Br2O2Si. The van der Waals surface area contributed by atoms with Gasteiger partial charge in [-0.25, -0.2) is 4.79 Å². The van der Waals surface area contributed by atoms with E-state index in [9.17, 15) is 4.79 Å². The van der Waals surface area contributed by atoms with E-state index >= 15 is 0 Å². The van der Waals surface area contributed by atoms with Gasteiger partial charge in [0.2, 0.25) is 0 Å². The van der Waals surface area contributed by atoms with Crippen LogP contribution in [0, 0.1) is 0 Å². The average molecular weight is 442 g/mol. The molecular weight excluding hydrogens is 412 g/mol. The van der Waals surface area contributed by atoms with Crippen LogP contribution in [0.25, 0.3) is 0 Å². The van der Waals surface area contributed by atoms with Gasteiger partial charge in [-0.3, -0.25) is 0 Å². The molecule has 0 aromatic rings. The number of ether oxygens (including phenoxy) is 1. The topological polar surface area (TPSA) is 26.3 Å². The van der Waals surface area contributed by atoms with Crippen molar-refractivity contribution in [3.8, 4) is 0 Å². The minimum absolute atomic E-state index is 0.264. The maximum Gasteiger partial charge on any atom is 0.330 e. The van der Waals surface area contributed by atoms with Crippen LogP contribution in [-0.2, 0) is 9.53 Å². The molecule has 124 valence electrons. The molecule has 0 radical (unpaired) electrons. The lowest BCUT2D eigenvalue weighted by Crippen LogP contribution is -2.09. The summed E-state index contributed by atoms with van der Waals surface area (Å²) in [5.41, 5.74) is 0. The highest BCUT2D eigenvalue weighted by Gasteiger charge is 2.13. The molecule has 0 aliphatic rings. The molecule has 2 nitrogen and oxygen atoms in total. The van der Waals surface area contributed by atoms with E-state index in [-0.39, 0.29) is 8.83 Å². The summed E-state index contributed by atoms with van der Waals surface area (Å²) in [5.74, 6) is -0.308. The zero-order chi connectivity index (χ0) is 16.0. The fraction of sp³-hybridized carbons (Fsp3) is 0.812. The van der Waals surface area contributed by atoms with Gasteiger partial charge < -0.3 is 4.74 Å². The molecule has 0 aromatic carbocycles. The third kappa shape index (κ3) is 18.3. The number of carbonyl (C=O) groups excluding carboxylic acids is 1. The monoisotopic (exact) mass is 440 g/mol. The van der Waals surface area contributed by atoms with Gasteiger partial charge in [-0.2, -0.15) is 0 Å². The Balaban J connectivity index is 3.09. The number of halogens is 2. The molecule has 0 bridgehead atoms. The molecule has 0 aliphatic heterocycles. The quantitative estimate of drug-likeness (QED) is 0.127. The zero-order valence-electron chi connectivity index (χ0n) is 13.3. The molecule has 5 heteroatoms. The van der Waals surface area contributed by atoms with Gasteiger partial charge in [-0.15, -0.1) is 0 Å². The summed E-state index contributed by atoms with van der Waals surface area (Å²) in [6.45, 7) is 3.91. The fourth-order valence-corrected chi connectivity index (χ4v) is 3.10. The number of unbranched alkanes of at least 4 members (excludes halogenated alkanes) is 9. The molecule has 0 fully saturated rings. The van der Waals surface area contributed by atoms with E-state index in [2.05, 4.69) is 38.4 Å². The number of carbonyl (C=O) groups is 1. The third-order valence-electron chi connectivity index (χ3n) is 3.42. The Bertz CT molecular complexity index is 278. The van der Waals surface area contributed by atoms with Crippen LogP contribution >= 0.6 is 31.9 Å². The normalized spacial score (nSPS) is 11.5. The second kappa shape index (κ2) is 14.0. The maximum atomic E-state index is 10.8. The first-order valence-corrected chi connectivity index (χ1v) is 10.7. The second-order valence-electron chi connectivity index (χ2n) is 5.73. The van der Waals surface area contributed by atoms with Crippen molar-refractivity contribution in [1.29, 1.82) is 0 Å². The Morgan fingerprint density at radius 2 is 1.38 bits per heavy atom. The maximum absolute atomic E-state index is 10.8. The minimum atomic E-state index is -0.308. The predicted molar refractivity (Wildman–Crippen MR) is 102 cm³/mol. The SMILES string of the molecule is C=CC(=O)OCCCCCCCCCCCCC([SiH3])(Br)Br. The van der Waals surface area contributed by atoms with Crippen LogP contribution in [0.4, 0.5) is 0 Å². The summed E-state index contributed by atoms with van der Waals surface area (Å²) in [7, 11) is 1.15. The van der Waals surface area contributed by atoms with Gasteiger partial charge in [0.25, 0.3) is 0 Å². The lowest BCUT2D eigenvalue weighted by molar-refractivity contribution is -0.137. The fourth-order valence-electron chi connectivity index (χ4n) is 2.18. The number of hydrogen-bond acceptors (Lipinski definition) is 2. The van der Waals surface area contributed by atoms with Crippen LogP contribution in [0.15, 0.2) is 12.7 Å². The number of alkyl halides is 2. The van der Waals surface area contributed by atoms with Crippen molar-refractivity contribution in [3.63, 3.8) is 0 Å². The van der Waals surface area contributed by atoms with Crippen molar-refractivity contribution in [1.82, 2.24) is 0 Å². The van der Waals surface area contributed by atoms with Crippen LogP contribution in [0.2, 0.25) is 0 Å². The van der Waals surface area contributed by atoms with Crippen molar-refractivity contribution in [2.24, 2.45) is 0 Å². The molecule has 0 heterocycles. The first-order valence-electron chi connectivity index (χ1n) is 8.13. The van der Waals surface area contributed by atoms with E-state index in [0.717, 1.165) is 23.1 Å². The second-order valence-corrected chi connectivity index (χ2v) is 14.9. The molecule has 0 aliphatic carbocycles. The van der Waals surface area contributed by atoms with Crippen molar-refractivity contribution in [3.05, 3.63) is 12.7 Å². The Labute approximate surface area is 150 Å². The van der Waals surface area contributed by atoms with E-state index in [1.807, 2.05) is 0 Å². The molecule has 0 rings (SSSR count).